The van der Waals surface area contributed by atoms with Gasteiger partial charge in [0.2, 0.25) is 22.1 Å². The molecule has 0 saturated heterocycles. The maximum absolute atomic E-state index is 10.6. The van der Waals surface area contributed by atoms with Crippen LogP contribution in [-0.2, 0) is 36.5 Å². The highest BCUT2D eigenvalue weighted by Crippen LogP contribution is 2.20. The third kappa shape index (κ3) is 11.8. The molecule has 312 valence electrons. The molecule has 14 nitrogen and oxygen atoms in total. The van der Waals surface area contributed by atoms with Gasteiger partial charge in [-0.15, -0.1) is 0 Å². The van der Waals surface area contributed by atoms with E-state index >= 15 is 0 Å². The minimum absolute atomic E-state index is 0.860. The lowest BCUT2D eigenvalue weighted by Crippen LogP contribution is -2.37. The van der Waals surface area contributed by atoms with Gasteiger partial charge in [0.15, 0.2) is 0 Å². The van der Waals surface area contributed by atoms with Crippen molar-refractivity contribution in [3.05, 3.63) is 121 Å². The van der Waals surface area contributed by atoms with Crippen LogP contribution in [0.5, 0.6) is 0 Å². The van der Waals surface area contributed by atoms with Crippen molar-refractivity contribution in [3.63, 3.8) is 0 Å². The molecule has 20 heteroatoms. The van der Waals surface area contributed by atoms with Crippen LogP contribution in [0.1, 0.15) is 11.4 Å². The van der Waals surface area contributed by atoms with Gasteiger partial charge in [-0.1, -0.05) is 24.3 Å². The Morgan fingerprint density at radius 1 is 0.633 bits per heavy atom. The second kappa shape index (κ2) is 19.4. The molecule has 0 amide bonds. The van der Waals surface area contributed by atoms with E-state index in [0.29, 0.717) is 0 Å². The van der Waals surface area contributed by atoms with E-state index in [-0.39, 0.29) is 0 Å². The molecule has 0 atom stereocenters. The summed E-state index contributed by atoms with van der Waals surface area (Å²) >= 11 is 0. The number of aryl methyl sites for hydroxylation is 2. The fraction of sp³-hybridized carbons (Fsp3) is 0.200. The van der Waals surface area contributed by atoms with E-state index in [1.807, 2.05) is 48.8 Å². The second-order valence-electron chi connectivity index (χ2n) is 12.8. The first-order chi connectivity index (χ1) is 28.5. The molecule has 4 aromatic carbocycles. The van der Waals surface area contributed by atoms with Gasteiger partial charge in [0.25, 0.3) is 0 Å². The lowest BCUT2D eigenvalue weighted by Gasteiger charge is -2.07. The molecule has 8 aromatic rings. The number of aromatic nitrogens is 8. The third-order valence-corrected chi connectivity index (χ3v) is 8.67. The number of hydrogen-bond donors (Lipinski definition) is 5. The summed E-state index contributed by atoms with van der Waals surface area (Å²) < 4.78 is 67.7. The van der Waals surface area contributed by atoms with Crippen LogP contribution in [0.3, 0.4) is 0 Å². The van der Waals surface area contributed by atoms with E-state index < -0.39 is 24.3 Å². The number of aliphatic carboxylic acids is 2. The number of aromatic amines is 2. The number of carboxylic acids is 2. The minimum atomic E-state index is -5.19. The number of rotatable bonds is 8. The first kappa shape index (κ1) is 43.7. The summed E-state index contributed by atoms with van der Waals surface area (Å²) in [6, 6.07) is 29.0. The molecule has 60 heavy (non-hydrogen) atoms. The summed E-state index contributed by atoms with van der Waals surface area (Å²) in [5.74, 6) is -5.76. The number of carboxylic acid groups (broad SMARTS) is 2. The molecule has 0 aliphatic rings. The topological polar surface area (TPSA) is 192 Å². The van der Waals surface area contributed by atoms with Crippen LogP contribution < -0.4 is 24.9 Å². The molecular weight excluding hydrogens is 798 g/mol. The van der Waals surface area contributed by atoms with Crippen molar-refractivity contribution in [1.82, 2.24) is 29.9 Å². The number of carbonyl (C=O) groups excluding carboxylic acids is 1. The Kier molecular flexibility index (Phi) is 14.1. The van der Waals surface area contributed by atoms with E-state index in [0.717, 1.165) is 92.8 Å². The highest BCUT2D eigenvalue weighted by molar-refractivity contribution is 5.84. The average Bonchev–Trinajstić information content (AvgIpc) is 3.94. The van der Waals surface area contributed by atoms with E-state index in [1.54, 1.807) is 12.7 Å². The Bertz CT molecular complexity index is 2510. The Morgan fingerprint density at radius 3 is 1.33 bits per heavy atom. The van der Waals surface area contributed by atoms with Crippen molar-refractivity contribution < 1.29 is 55.3 Å². The summed E-state index contributed by atoms with van der Waals surface area (Å²) in [7, 11) is 4.17. The number of alkyl halides is 6. The second-order valence-corrected chi connectivity index (χ2v) is 12.8. The molecule has 5 N–H and O–H groups in total. The Balaban J connectivity index is 0.000000174. The van der Waals surface area contributed by atoms with Crippen molar-refractivity contribution >= 4 is 67.4 Å². The van der Waals surface area contributed by atoms with Crippen LogP contribution in [-0.4, -0.2) is 72.4 Å². The molecule has 0 bridgehead atoms. The summed E-state index contributed by atoms with van der Waals surface area (Å²) in [6.45, 7) is 1.72. The fourth-order valence-electron chi connectivity index (χ4n) is 5.72. The van der Waals surface area contributed by atoms with Gasteiger partial charge < -0.3 is 35.6 Å². The van der Waals surface area contributed by atoms with Gasteiger partial charge in [0.1, 0.15) is 42.1 Å². The van der Waals surface area contributed by atoms with E-state index in [9.17, 15) is 26.3 Å². The molecule has 4 aromatic heterocycles. The molecule has 0 spiro atoms. The molecule has 0 unspecified atom stereocenters. The molecule has 0 fully saturated rings. The zero-order valence-electron chi connectivity index (χ0n) is 31.8. The predicted molar refractivity (Wildman–Crippen MR) is 207 cm³/mol. The van der Waals surface area contributed by atoms with Crippen molar-refractivity contribution in [2.24, 2.45) is 14.1 Å². The van der Waals surface area contributed by atoms with Crippen LogP contribution in [0.2, 0.25) is 0 Å². The maximum Gasteiger partial charge on any atom is 0.490 e. The number of benzene rings is 4. The Morgan fingerprint density at radius 2 is 1.00 bits per heavy atom. The van der Waals surface area contributed by atoms with Crippen LogP contribution in [0, 0.1) is 0 Å². The van der Waals surface area contributed by atoms with Crippen molar-refractivity contribution in [2.45, 2.75) is 25.2 Å². The molecule has 0 radical (unpaired) electrons. The average molecular weight is 836 g/mol. The number of H-pyrrole nitrogens is 2. The number of para-hydroxylation sites is 4. The van der Waals surface area contributed by atoms with E-state index in [2.05, 4.69) is 102 Å². The number of halogens is 6. The number of anilines is 2. The quantitative estimate of drug-likeness (QED) is 0.0781. The minimum Gasteiger partial charge on any atom is -0.542 e. The Hall–Kier alpha value is -7.38. The SMILES string of the molecule is C[n+]1c2ccccc2nc2ccc(NCCc3cnc[nH]3)cc21.C[n+]1c2ccccc2nc2ccc(NCCc3cnc[nH]3)cc21.O=C(O)C(F)(F)F.O=C([O-])C(F)(F)F. The van der Waals surface area contributed by atoms with Crippen LogP contribution >= 0.6 is 0 Å². The fourth-order valence-corrected chi connectivity index (χ4v) is 5.72. The van der Waals surface area contributed by atoms with Crippen molar-refractivity contribution in [1.29, 1.82) is 0 Å². The zero-order chi connectivity index (χ0) is 43.5. The number of nitrogens with one attached hydrogen (secondary N) is 4. The van der Waals surface area contributed by atoms with Crippen LogP contribution in [0.4, 0.5) is 37.7 Å². The van der Waals surface area contributed by atoms with Crippen LogP contribution in [0.15, 0.2) is 110 Å². The summed E-state index contributed by atoms with van der Waals surface area (Å²) in [6.07, 6.45) is -1.30. The number of imidazole rings is 2. The lowest BCUT2D eigenvalue weighted by molar-refractivity contribution is -0.618. The lowest BCUT2D eigenvalue weighted by atomic mass is 10.2. The molecular formula is C40H37F6N10O4+. The highest BCUT2D eigenvalue weighted by Gasteiger charge is 2.38. The van der Waals surface area contributed by atoms with Gasteiger partial charge in [-0.25, -0.2) is 24.7 Å². The van der Waals surface area contributed by atoms with Gasteiger partial charge in [-0.3, -0.25) is 0 Å². The normalized spacial score (nSPS) is 11.2. The first-order valence-corrected chi connectivity index (χ1v) is 17.9. The maximum atomic E-state index is 10.6. The molecule has 4 heterocycles. The number of fused-ring (bicyclic) bond motifs is 4. The smallest absolute Gasteiger partial charge is 0.490 e. The van der Waals surface area contributed by atoms with E-state index in [1.165, 1.54) is 0 Å². The van der Waals surface area contributed by atoms with Gasteiger partial charge >= 0.3 is 18.3 Å². The van der Waals surface area contributed by atoms with Gasteiger partial charge in [-0.2, -0.15) is 35.5 Å². The van der Waals surface area contributed by atoms with Gasteiger partial charge in [-0.05, 0) is 36.4 Å². The Labute approximate surface area is 336 Å². The standard InChI is InChI=1S/2C18H17N5.2C2HF3O2/c2*1-23-17-5-3-2-4-15(17)22-16-7-6-13(10-18(16)23)20-9-8-14-11-19-12-21-14;2*3-2(4,5)1(6)7/h2*2-7,10-12H,8-9H2,1H3,(H,19,21);2*(H,6,7)/p+1. The monoisotopic (exact) mass is 835 g/mol. The third-order valence-electron chi connectivity index (χ3n) is 8.67. The molecule has 0 aliphatic carbocycles. The summed E-state index contributed by atoms with van der Waals surface area (Å²) in [5.41, 5.74) is 13.0. The molecule has 8 rings (SSSR count). The summed E-state index contributed by atoms with van der Waals surface area (Å²) in [5, 5.41) is 22.8. The van der Waals surface area contributed by atoms with Gasteiger partial charge in [0, 0.05) is 85.4 Å². The van der Waals surface area contributed by atoms with Gasteiger partial charge in [0.05, 0.1) is 12.7 Å². The number of carbonyl (C=O) groups is 2. The predicted octanol–water partition coefficient (Wildman–Crippen LogP) is 5.11. The van der Waals surface area contributed by atoms with Crippen molar-refractivity contribution in [2.75, 3.05) is 23.7 Å². The largest absolute Gasteiger partial charge is 0.542 e. The first-order valence-electron chi connectivity index (χ1n) is 17.9. The van der Waals surface area contributed by atoms with E-state index in [4.69, 9.17) is 29.8 Å². The molecule has 0 aliphatic heterocycles. The molecule has 0 saturated carbocycles. The highest BCUT2D eigenvalue weighted by atomic mass is 19.4. The summed E-state index contributed by atoms with van der Waals surface area (Å²) in [4.78, 5) is 41.5. The number of hydrogen-bond acceptors (Lipinski definition) is 9. The van der Waals surface area contributed by atoms with Crippen molar-refractivity contribution in [3.8, 4) is 0 Å². The number of nitrogens with zero attached hydrogens (tertiary/aromatic N) is 6. The van der Waals surface area contributed by atoms with Crippen LogP contribution in [0.25, 0.3) is 44.1 Å². The zero-order valence-corrected chi connectivity index (χ0v) is 31.8.